The smallest absolute Gasteiger partial charge is 0.0359 e. The Balaban J connectivity index is 1.57. The summed E-state index contributed by atoms with van der Waals surface area (Å²) in [5.41, 5.74) is 1.40. The zero-order chi connectivity index (χ0) is 14.2. The lowest BCUT2D eigenvalue weighted by atomic mass is 9.94. The third-order valence-electron chi connectivity index (χ3n) is 4.63. The van der Waals surface area contributed by atoms with Crippen molar-refractivity contribution in [3.05, 3.63) is 24.0 Å². The van der Waals surface area contributed by atoms with Gasteiger partial charge in [-0.15, -0.1) is 0 Å². The van der Waals surface area contributed by atoms with E-state index in [2.05, 4.69) is 47.1 Å². The molecule has 1 aromatic rings. The van der Waals surface area contributed by atoms with Gasteiger partial charge in [0.1, 0.15) is 0 Å². The molecule has 114 valence electrons. The Morgan fingerprint density at radius 1 is 1.30 bits per heavy atom. The van der Waals surface area contributed by atoms with Crippen LogP contribution in [-0.2, 0) is 13.1 Å². The van der Waals surface area contributed by atoms with Crippen molar-refractivity contribution in [3.8, 4) is 0 Å². The quantitative estimate of drug-likeness (QED) is 0.736. The largest absolute Gasteiger partial charge is 0.351 e. The normalized spacial score (nSPS) is 16.9. The molecule has 0 bridgehead atoms. The standard InChI is InChI=1S/C17H31N3/c1-3-20-14-7-11-17(20)15-18-12-8-13-19(2)16-9-5-4-6-10-16/h7,11,14,16,18H,3-6,8-10,12-13,15H2,1-2H3. The van der Waals surface area contributed by atoms with Crippen molar-refractivity contribution >= 4 is 0 Å². The minimum Gasteiger partial charge on any atom is -0.351 e. The third-order valence-corrected chi connectivity index (χ3v) is 4.63. The zero-order valence-corrected chi connectivity index (χ0v) is 13.3. The first kappa shape index (κ1) is 15.6. The van der Waals surface area contributed by atoms with E-state index in [0.29, 0.717) is 0 Å². The third kappa shape index (κ3) is 4.64. The summed E-state index contributed by atoms with van der Waals surface area (Å²) in [7, 11) is 2.30. The molecule has 0 unspecified atom stereocenters. The Morgan fingerprint density at radius 3 is 2.85 bits per heavy atom. The first-order valence-corrected chi connectivity index (χ1v) is 8.36. The number of rotatable bonds is 8. The summed E-state index contributed by atoms with van der Waals surface area (Å²) in [6.45, 7) is 6.60. The van der Waals surface area contributed by atoms with Crippen LogP contribution in [0.15, 0.2) is 18.3 Å². The van der Waals surface area contributed by atoms with E-state index in [-0.39, 0.29) is 0 Å². The summed E-state index contributed by atoms with van der Waals surface area (Å²) in [5.74, 6) is 0. The number of hydrogen-bond acceptors (Lipinski definition) is 2. The van der Waals surface area contributed by atoms with Crippen molar-refractivity contribution in [3.63, 3.8) is 0 Å². The molecule has 1 saturated carbocycles. The van der Waals surface area contributed by atoms with Crippen LogP contribution in [0.5, 0.6) is 0 Å². The van der Waals surface area contributed by atoms with Gasteiger partial charge in [0.05, 0.1) is 0 Å². The molecule has 3 heteroatoms. The van der Waals surface area contributed by atoms with Gasteiger partial charge in [-0.2, -0.15) is 0 Å². The van der Waals surface area contributed by atoms with Crippen LogP contribution in [-0.4, -0.2) is 35.6 Å². The number of aryl methyl sites for hydroxylation is 1. The average molecular weight is 277 g/mol. The fraction of sp³-hybridized carbons (Fsp3) is 0.765. The summed E-state index contributed by atoms with van der Waals surface area (Å²) < 4.78 is 2.31. The summed E-state index contributed by atoms with van der Waals surface area (Å²) in [5, 5.41) is 3.57. The molecule has 1 aliphatic carbocycles. The van der Waals surface area contributed by atoms with Crippen molar-refractivity contribution in [2.75, 3.05) is 20.1 Å². The maximum atomic E-state index is 3.57. The summed E-state index contributed by atoms with van der Waals surface area (Å²) >= 11 is 0. The minimum absolute atomic E-state index is 0.848. The van der Waals surface area contributed by atoms with Crippen LogP contribution < -0.4 is 5.32 Å². The van der Waals surface area contributed by atoms with Crippen molar-refractivity contribution in [2.24, 2.45) is 0 Å². The van der Waals surface area contributed by atoms with Crippen LogP contribution in [0.25, 0.3) is 0 Å². The SMILES string of the molecule is CCn1cccc1CNCCCN(C)C1CCCCC1. The Morgan fingerprint density at radius 2 is 2.10 bits per heavy atom. The second-order valence-electron chi connectivity index (χ2n) is 6.09. The molecule has 0 amide bonds. The average Bonchev–Trinajstić information content (AvgIpc) is 2.95. The fourth-order valence-corrected chi connectivity index (χ4v) is 3.29. The lowest BCUT2D eigenvalue weighted by molar-refractivity contribution is 0.189. The van der Waals surface area contributed by atoms with Gasteiger partial charge in [-0.05, 0) is 58.5 Å². The number of aromatic nitrogens is 1. The van der Waals surface area contributed by atoms with E-state index in [9.17, 15) is 0 Å². The Labute approximate surface area is 124 Å². The maximum Gasteiger partial charge on any atom is 0.0359 e. The molecule has 3 nitrogen and oxygen atoms in total. The van der Waals surface area contributed by atoms with E-state index < -0.39 is 0 Å². The van der Waals surface area contributed by atoms with Crippen LogP contribution in [0.2, 0.25) is 0 Å². The lowest BCUT2D eigenvalue weighted by Gasteiger charge is -2.31. The van der Waals surface area contributed by atoms with Gasteiger partial charge in [0.2, 0.25) is 0 Å². The predicted molar refractivity (Wildman–Crippen MR) is 85.9 cm³/mol. The van der Waals surface area contributed by atoms with Gasteiger partial charge in [0.25, 0.3) is 0 Å². The van der Waals surface area contributed by atoms with Crippen molar-refractivity contribution < 1.29 is 0 Å². The molecule has 1 aromatic heterocycles. The summed E-state index contributed by atoms with van der Waals surface area (Å²) in [6.07, 6.45) is 10.5. The van der Waals surface area contributed by atoms with E-state index in [4.69, 9.17) is 0 Å². The molecule has 0 radical (unpaired) electrons. The van der Waals surface area contributed by atoms with E-state index >= 15 is 0 Å². The van der Waals surface area contributed by atoms with Crippen molar-refractivity contribution in [2.45, 2.75) is 64.6 Å². The maximum absolute atomic E-state index is 3.57. The van der Waals surface area contributed by atoms with Gasteiger partial charge in [-0.3, -0.25) is 0 Å². The number of hydrogen-bond donors (Lipinski definition) is 1. The molecular weight excluding hydrogens is 246 g/mol. The Hall–Kier alpha value is -0.800. The molecule has 0 spiro atoms. The zero-order valence-electron chi connectivity index (χ0n) is 13.3. The molecule has 0 aliphatic heterocycles. The molecule has 2 rings (SSSR count). The minimum atomic E-state index is 0.848. The van der Waals surface area contributed by atoms with Crippen LogP contribution in [0.4, 0.5) is 0 Å². The second kappa shape index (κ2) is 8.48. The summed E-state index contributed by atoms with van der Waals surface area (Å²) in [4.78, 5) is 2.58. The van der Waals surface area contributed by atoms with Crippen LogP contribution >= 0.6 is 0 Å². The molecule has 1 aliphatic rings. The highest BCUT2D eigenvalue weighted by molar-refractivity contribution is 5.06. The molecule has 0 atom stereocenters. The first-order valence-electron chi connectivity index (χ1n) is 8.36. The van der Waals surface area contributed by atoms with Gasteiger partial charge in [0, 0.05) is 31.0 Å². The molecule has 0 saturated heterocycles. The first-order chi connectivity index (χ1) is 9.81. The van der Waals surface area contributed by atoms with Gasteiger partial charge < -0.3 is 14.8 Å². The lowest BCUT2D eigenvalue weighted by Crippen LogP contribution is -2.35. The highest BCUT2D eigenvalue weighted by Crippen LogP contribution is 2.21. The second-order valence-corrected chi connectivity index (χ2v) is 6.09. The van der Waals surface area contributed by atoms with E-state index in [1.54, 1.807) is 0 Å². The van der Waals surface area contributed by atoms with E-state index in [1.165, 1.54) is 50.8 Å². The van der Waals surface area contributed by atoms with Crippen molar-refractivity contribution in [1.82, 2.24) is 14.8 Å². The van der Waals surface area contributed by atoms with Gasteiger partial charge in [-0.1, -0.05) is 19.3 Å². The molecular formula is C17H31N3. The summed E-state index contributed by atoms with van der Waals surface area (Å²) in [6, 6.07) is 5.20. The van der Waals surface area contributed by atoms with Crippen LogP contribution in [0, 0.1) is 0 Å². The number of nitrogens with zero attached hydrogens (tertiary/aromatic N) is 2. The molecule has 1 N–H and O–H groups in total. The number of nitrogens with one attached hydrogen (secondary N) is 1. The predicted octanol–water partition coefficient (Wildman–Crippen LogP) is 3.25. The Kier molecular flexibility index (Phi) is 6.61. The fourth-order valence-electron chi connectivity index (χ4n) is 3.29. The van der Waals surface area contributed by atoms with Crippen molar-refractivity contribution in [1.29, 1.82) is 0 Å². The highest BCUT2D eigenvalue weighted by Gasteiger charge is 2.17. The molecule has 1 fully saturated rings. The molecule has 0 aromatic carbocycles. The van der Waals surface area contributed by atoms with Crippen LogP contribution in [0.3, 0.4) is 0 Å². The van der Waals surface area contributed by atoms with E-state index in [0.717, 1.165) is 25.7 Å². The highest BCUT2D eigenvalue weighted by atomic mass is 15.1. The van der Waals surface area contributed by atoms with Gasteiger partial charge >= 0.3 is 0 Å². The van der Waals surface area contributed by atoms with Gasteiger partial charge in [-0.25, -0.2) is 0 Å². The van der Waals surface area contributed by atoms with Crippen LogP contribution in [0.1, 0.15) is 51.1 Å². The monoisotopic (exact) mass is 277 g/mol. The van der Waals surface area contributed by atoms with Gasteiger partial charge in [0.15, 0.2) is 0 Å². The molecule has 20 heavy (non-hydrogen) atoms. The Bertz CT molecular complexity index is 366. The molecule has 1 heterocycles. The van der Waals surface area contributed by atoms with E-state index in [1.807, 2.05) is 0 Å². The topological polar surface area (TPSA) is 20.2 Å².